The van der Waals surface area contributed by atoms with E-state index in [1.54, 1.807) is 13.8 Å². The van der Waals surface area contributed by atoms with E-state index in [1.165, 1.54) is 7.11 Å². The minimum absolute atomic E-state index is 0.158. The van der Waals surface area contributed by atoms with Crippen molar-refractivity contribution in [1.29, 1.82) is 0 Å². The van der Waals surface area contributed by atoms with Gasteiger partial charge >= 0.3 is 19.8 Å². The van der Waals surface area contributed by atoms with Gasteiger partial charge in [0.15, 0.2) is 0 Å². The van der Waals surface area contributed by atoms with Crippen LogP contribution in [0.1, 0.15) is 13.8 Å². The molecule has 0 unspecified atom stereocenters. The van der Waals surface area contributed by atoms with Crippen molar-refractivity contribution in [1.82, 2.24) is 0 Å². The molecular formula is C11H19O8P. The predicted octanol–water partition coefficient (Wildman–Crippen LogP) is 1.46. The van der Waals surface area contributed by atoms with Crippen LogP contribution >= 0.6 is 7.82 Å². The fourth-order valence-corrected chi connectivity index (χ4v) is 2.13. The molecule has 0 aromatic rings. The van der Waals surface area contributed by atoms with Crippen molar-refractivity contribution in [3.63, 3.8) is 0 Å². The van der Waals surface area contributed by atoms with Crippen molar-refractivity contribution in [3.05, 3.63) is 12.2 Å². The molecular weight excluding hydrogens is 291 g/mol. The molecule has 0 saturated heterocycles. The van der Waals surface area contributed by atoms with Crippen LogP contribution in [-0.2, 0) is 37.2 Å². The summed E-state index contributed by atoms with van der Waals surface area (Å²) in [5.41, 5.74) is 0. The Labute approximate surface area is 117 Å². The van der Waals surface area contributed by atoms with Crippen molar-refractivity contribution in [2.75, 3.05) is 33.5 Å². The zero-order valence-electron chi connectivity index (χ0n) is 11.7. The van der Waals surface area contributed by atoms with E-state index in [4.69, 9.17) is 18.3 Å². The lowest BCUT2D eigenvalue weighted by Gasteiger charge is -2.15. The SMILES string of the molecule is CCOP(=O)(OCC)OCCOC(=O)/C=C/C(=O)OC. The van der Waals surface area contributed by atoms with E-state index in [1.807, 2.05) is 0 Å². The zero-order chi connectivity index (χ0) is 15.4. The molecule has 8 nitrogen and oxygen atoms in total. The van der Waals surface area contributed by atoms with E-state index in [-0.39, 0.29) is 26.4 Å². The van der Waals surface area contributed by atoms with Crippen LogP contribution in [0, 0.1) is 0 Å². The summed E-state index contributed by atoms with van der Waals surface area (Å²) in [7, 11) is -2.41. The molecule has 0 rings (SSSR count). The van der Waals surface area contributed by atoms with Gasteiger partial charge in [-0.25, -0.2) is 14.2 Å². The molecule has 0 saturated carbocycles. The Hall–Kier alpha value is -1.21. The molecule has 0 atom stereocenters. The van der Waals surface area contributed by atoms with Gasteiger partial charge in [0.2, 0.25) is 0 Å². The Kier molecular flexibility index (Phi) is 9.92. The molecule has 0 fully saturated rings. The first-order valence-corrected chi connectivity index (χ1v) is 7.40. The van der Waals surface area contributed by atoms with E-state index in [2.05, 4.69) is 4.74 Å². The maximum absolute atomic E-state index is 11.8. The van der Waals surface area contributed by atoms with E-state index in [9.17, 15) is 14.2 Å². The first-order chi connectivity index (χ1) is 9.47. The summed E-state index contributed by atoms with van der Waals surface area (Å²) >= 11 is 0. The molecule has 20 heavy (non-hydrogen) atoms. The third kappa shape index (κ3) is 8.82. The largest absolute Gasteiger partial charge is 0.474 e. The zero-order valence-corrected chi connectivity index (χ0v) is 12.6. The fraction of sp³-hybridized carbons (Fsp3) is 0.636. The number of carbonyl (C=O) groups excluding carboxylic acids is 2. The lowest BCUT2D eigenvalue weighted by molar-refractivity contribution is -0.140. The number of ether oxygens (including phenoxy) is 2. The molecule has 0 aliphatic heterocycles. The Balaban J connectivity index is 4.00. The van der Waals surface area contributed by atoms with Gasteiger partial charge in [0.05, 0.1) is 26.9 Å². The molecule has 0 radical (unpaired) electrons. The number of hydrogen-bond acceptors (Lipinski definition) is 8. The highest BCUT2D eigenvalue weighted by atomic mass is 31.2. The predicted molar refractivity (Wildman–Crippen MR) is 68.9 cm³/mol. The number of rotatable bonds is 10. The number of methoxy groups -OCH3 is 1. The second kappa shape index (κ2) is 10.6. The summed E-state index contributed by atoms with van der Waals surface area (Å²) in [5.74, 6) is -1.42. The quantitative estimate of drug-likeness (QED) is 0.259. The molecule has 0 bridgehead atoms. The van der Waals surface area contributed by atoms with Gasteiger partial charge in [0, 0.05) is 12.2 Å². The van der Waals surface area contributed by atoms with Gasteiger partial charge in [-0.3, -0.25) is 13.6 Å². The summed E-state index contributed by atoms with van der Waals surface area (Å²) < 4.78 is 35.5. The van der Waals surface area contributed by atoms with Crippen LogP contribution in [-0.4, -0.2) is 45.5 Å². The van der Waals surface area contributed by atoms with E-state index >= 15 is 0 Å². The molecule has 0 aromatic heterocycles. The van der Waals surface area contributed by atoms with Crippen LogP contribution in [0.15, 0.2) is 12.2 Å². The van der Waals surface area contributed by atoms with E-state index in [0.29, 0.717) is 0 Å². The van der Waals surface area contributed by atoms with Gasteiger partial charge in [-0.05, 0) is 13.8 Å². The van der Waals surface area contributed by atoms with Gasteiger partial charge in [0.25, 0.3) is 0 Å². The molecule has 0 spiro atoms. The number of esters is 2. The van der Waals surface area contributed by atoms with Crippen molar-refractivity contribution >= 4 is 19.8 Å². The fourth-order valence-electron chi connectivity index (χ4n) is 0.972. The summed E-state index contributed by atoms with van der Waals surface area (Å²) in [4.78, 5) is 21.8. The van der Waals surface area contributed by atoms with Crippen molar-refractivity contribution in [3.8, 4) is 0 Å². The highest BCUT2D eigenvalue weighted by Gasteiger charge is 2.25. The minimum atomic E-state index is -3.60. The van der Waals surface area contributed by atoms with E-state index < -0.39 is 19.8 Å². The third-order valence-corrected chi connectivity index (χ3v) is 3.36. The van der Waals surface area contributed by atoms with Crippen LogP contribution in [0.25, 0.3) is 0 Å². The van der Waals surface area contributed by atoms with Crippen LogP contribution in [0.3, 0.4) is 0 Å². The average Bonchev–Trinajstić information content (AvgIpc) is 2.41. The van der Waals surface area contributed by atoms with Gasteiger partial charge in [-0.1, -0.05) is 0 Å². The normalized spacial score (nSPS) is 11.6. The van der Waals surface area contributed by atoms with Gasteiger partial charge in [0.1, 0.15) is 6.61 Å². The highest BCUT2D eigenvalue weighted by Crippen LogP contribution is 2.48. The second-order valence-corrected chi connectivity index (χ2v) is 4.81. The van der Waals surface area contributed by atoms with Crippen LogP contribution in [0.5, 0.6) is 0 Å². The van der Waals surface area contributed by atoms with Crippen LogP contribution in [0.2, 0.25) is 0 Å². The Morgan fingerprint density at radius 1 is 0.950 bits per heavy atom. The maximum Gasteiger partial charge on any atom is 0.474 e. The molecule has 0 heterocycles. The summed E-state index contributed by atoms with van der Waals surface area (Å²) in [5, 5.41) is 0. The molecule has 0 N–H and O–H groups in total. The lowest BCUT2D eigenvalue weighted by Crippen LogP contribution is -2.10. The van der Waals surface area contributed by atoms with Crippen molar-refractivity contribution in [2.24, 2.45) is 0 Å². The lowest BCUT2D eigenvalue weighted by atomic mass is 10.5. The Bertz CT molecular complexity index is 369. The topological polar surface area (TPSA) is 97.4 Å². The second-order valence-electron chi connectivity index (χ2n) is 3.14. The summed E-state index contributed by atoms with van der Waals surface area (Å²) in [6, 6.07) is 0. The Morgan fingerprint density at radius 3 is 2.00 bits per heavy atom. The first-order valence-electron chi connectivity index (χ1n) is 5.93. The van der Waals surface area contributed by atoms with Crippen LogP contribution in [0.4, 0.5) is 0 Å². The molecule has 0 aliphatic carbocycles. The third-order valence-electron chi connectivity index (χ3n) is 1.71. The van der Waals surface area contributed by atoms with Crippen LogP contribution < -0.4 is 0 Å². The molecule has 9 heteroatoms. The highest BCUT2D eigenvalue weighted by molar-refractivity contribution is 7.48. The first kappa shape index (κ1) is 18.8. The van der Waals surface area contributed by atoms with Gasteiger partial charge in [-0.15, -0.1) is 0 Å². The molecule has 0 amide bonds. The van der Waals surface area contributed by atoms with Gasteiger partial charge in [-0.2, -0.15) is 0 Å². The molecule has 116 valence electrons. The average molecular weight is 310 g/mol. The number of phosphoric acid groups is 1. The smallest absolute Gasteiger partial charge is 0.466 e. The maximum atomic E-state index is 11.8. The van der Waals surface area contributed by atoms with Crippen molar-refractivity contribution < 1.29 is 37.2 Å². The summed E-state index contributed by atoms with van der Waals surface area (Å²) in [6.45, 7) is 3.31. The molecule has 0 aromatic carbocycles. The number of hydrogen-bond donors (Lipinski definition) is 0. The monoisotopic (exact) mass is 310 g/mol. The minimum Gasteiger partial charge on any atom is -0.466 e. The number of carbonyl (C=O) groups is 2. The van der Waals surface area contributed by atoms with Crippen molar-refractivity contribution in [2.45, 2.75) is 13.8 Å². The summed E-state index contributed by atoms with van der Waals surface area (Å²) in [6.07, 6.45) is 1.84. The standard InChI is InChI=1S/C11H19O8P/c1-4-17-20(14,18-5-2)19-9-8-16-11(13)7-6-10(12)15-3/h6-7H,4-5,8-9H2,1-3H3/b7-6+. The van der Waals surface area contributed by atoms with Gasteiger partial charge < -0.3 is 9.47 Å². The van der Waals surface area contributed by atoms with E-state index in [0.717, 1.165) is 12.2 Å². The molecule has 0 aliphatic rings. The number of phosphoric ester groups is 1. The Morgan fingerprint density at radius 2 is 1.50 bits per heavy atom.